The third-order valence-electron chi connectivity index (χ3n) is 5.91. The van der Waals surface area contributed by atoms with Crippen LogP contribution in [0.25, 0.3) is 0 Å². The molecule has 2 amide bonds. The minimum absolute atomic E-state index is 0.133. The monoisotopic (exact) mass is 504 g/mol. The number of nitrogens with zero attached hydrogens (tertiary/aromatic N) is 2. The highest BCUT2D eigenvalue weighted by Crippen LogP contribution is 2.24. The number of carbonyl (C=O) groups is 2. The number of piperidine rings is 1. The average Bonchev–Trinajstić information content (AvgIpc) is 2.83. The second kappa shape index (κ2) is 12.2. The van der Waals surface area contributed by atoms with E-state index in [4.69, 9.17) is 0 Å². The van der Waals surface area contributed by atoms with Gasteiger partial charge in [-0.15, -0.1) is 0 Å². The van der Waals surface area contributed by atoms with Crippen molar-refractivity contribution in [3.05, 3.63) is 65.7 Å². The Hall–Kier alpha value is -2.85. The number of pyridine rings is 1. The Balaban J connectivity index is 1.70. The predicted octanol–water partition coefficient (Wildman–Crippen LogP) is 2.75. The van der Waals surface area contributed by atoms with Gasteiger partial charge in [0.1, 0.15) is 17.9 Å². The maximum Gasteiger partial charge on any atom is 0.242 e. The molecule has 1 aromatic heterocycles. The van der Waals surface area contributed by atoms with Gasteiger partial charge >= 0.3 is 0 Å². The molecule has 2 aromatic rings. The molecule has 2 atom stereocenters. The summed E-state index contributed by atoms with van der Waals surface area (Å²) in [6, 6.07) is 7.22. The topological polar surface area (TPSA) is 108 Å². The van der Waals surface area contributed by atoms with Crippen LogP contribution < -0.4 is 10.6 Å². The summed E-state index contributed by atoms with van der Waals surface area (Å²) >= 11 is 0. The molecule has 8 nitrogen and oxygen atoms in total. The molecule has 1 aliphatic heterocycles. The first-order valence-corrected chi connectivity index (χ1v) is 13.5. The molecular formula is C25H33FN4O4S. The van der Waals surface area contributed by atoms with E-state index < -0.39 is 33.8 Å². The van der Waals surface area contributed by atoms with Gasteiger partial charge in [-0.25, -0.2) is 12.8 Å². The second-order valence-electron chi connectivity index (χ2n) is 9.27. The summed E-state index contributed by atoms with van der Waals surface area (Å²) < 4.78 is 40.8. The number of nitrogens with one attached hydrogen (secondary N) is 2. The molecule has 1 fully saturated rings. The lowest BCUT2D eigenvalue weighted by Gasteiger charge is -2.34. The van der Waals surface area contributed by atoms with E-state index in [-0.39, 0.29) is 30.7 Å². The summed E-state index contributed by atoms with van der Waals surface area (Å²) in [5, 5.41) is 5.64. The summed E-state index contributed by atoms with van der Waals surface area (Å²) in [5.74, 6) is -1.44. The molecule has 1 aromatic carbocycles. The van der Waals surface area contributed by atoms with Crippen molar-refractivity contribution in [2.45, 2.75) is 63.9 Å². The number of hydrogen-bond donors (Lipinski definition) is 2. The van der Waals surface area contributed by atoms with Gasteiger partial charge in [0.05, 0.1) is 5.75 Å². The third-order valence-corrected chi connectivity index (χ3v) is 7.76. The van der Waals surface area contributed by atoms with Crippen LogP contribution in [0.2, 0.25) is 0 Å². The molecule has 0 aliphatic carbocycles. The second-order valence-corrected chi connectivity index (χ2v) is 11.2. The first-order valence-electron chi connectivity index (χ1n) is 11.9. The quantitative estimate of drug-likeness (QED) is 0.517. The van der Waals surface area contributed by atoms with E-state index in [0.717, 1.165) is 5.56 Å². The van der Waals surface area contributed by atoms with Gasteiger partial charge in [-0.05, 0) is 54.5 Å². The Kier molecular flexibility index (Phi) is 9.33. The Morgan fingerprint density at radius 2 is 1.89 bits per heavy atom. The molecule has 0 saturated carbocycles. The summed E-state index contributed by atoms with van der Waals surface area (Å²) in [4.78, 5) is 30.2. The fourth-order valence-corrected chi connectivity index (χ4v) is 5.94. The maximum atomic E-state index is 13.3. The molecule has 0 spiro atoms. The summed E-state index contributed by atoms with van der Waals surface area (Å²) in [7, 11) is -3.83. The van der Waals surface area contributed by atoms with Crippen molar-refractivity contribution in [2.24, 2.45) is 5.92 Å². The first-order chi connectivity index (χ1) is 16.7. The molecule has 190 valence electrons. The van der Waals surface area contributed by atoms with Gasteiger partial charge in [-0.2, -0.15) is 4.31 Å². The smallest absolute Gasteiger partial charge is 0.242 e. The molecule has 1 aliphatic rings. The van der Waals surface area contributed by atoms with Crippen LogP contribution in [0.15, 0.2) is 48.8 Å². The SMILES string of the molecule is CC(C)C[C@H](NC(=O)C1CCCCN1S(=O)(=O)Cc1ccc(F)cc1)C(=O)NCc1cccnc1. The largest absolute Gasteiger partial charge is 0.350 e. The van der Waals surface area contributed by atoms with E-state index in [1.165, 1.54) is 28.6 Å². The number of benzene rings is 1. The molecule has 0 radical (unpaired) electrons. The summed E-state index contributed by atoms with van der Waals surface area (Å²) in [6.07, 6.45) is 5.45. The lowest BCUT2D eigenvalue weighted by Crippen LogP contribution is -2.56. The fourth-order valence-electron chi connectivity index (χ4n) is 4.16. The minimum atomic E-state index is -3.83. The van der Waals surface area contributed by atoms with E-state index in [1.807, 2.05) is 19.9 Å². The average molecular weight is 505 g/mol. The zero-order chi connectivity index (χ0) is 25.4. The molecule has 2 N–H and O–H groups in total. The van der Waals surface area contributed by atoms with Crippen molar-refractivity contribution < 1.29 is 22.4 Å². The van der Waals surface area contributed by atoms with Gasteiger partial charge in [0.2, 0.25) is 21.8 Å². The van der Waals surface area contributed by atoms with Crippen molar-refractivity contribution >= 4 is 21.8 Å². The first kappa shape index (κ1) is 26.7. The molecule has 1 saturated heterocycles. The van der Waals surface area contributed by atoms with Crippen molar-refractivity contribution in [3.63, 3.8) is 0 Å². The summed E-state index contributed by atoms with van der Waals surface area (Å²) in [5.41, 5.74) is 1.28. The van der Waals surface area contributed by atoms with E-state index in [1.54, 1.807) is 18.5 Å². The van der Waals surface area contributed by atoms with Crippen LogP contribution in [0.5, 0.6) is 0 Å². The molecular weight excluding hydrogens is 471 g/mol. The Labute approximate surface area is 206 Å². The number of rotatable bonds is 10. The van der Waals surface area contributed by atoms with Gasteiger partial charge in [0, 0.05) is 25.5 Å². The normalized spacial score (nSPS) is 17.7. The predicted molar refractivity (Wildman–Crippen MR) is 131 cm³/mol. The van der Waals surface area contributed by atoms with Crippen LogP contribution >= 0.6 is 0 Å². The van der Waals surface area contributed by atoms with Crippen molar-refractivity contribution in [2.75, 3.05) is 6.54 Å². The van der Waals surface area contributed by atoms with Crippen LogP contribution in [0.1, 0.15) is 50.7 Å². The summed E-state index contributed by atoms with van der Waals surface area (Å²) in [6.45, 7) is 4.41. The van der Waals surface area contributed by atoms with E-state index in [0.29, 0.717) is 31.2 Å². The molecule has 2 heterocycles. The molecule has 10 heteroatoms. The molecule has 35 heavy (non-hydrogen) atoms. The molecule has 1 unspecified atom stereocenters. The van der Waals surface area contributed by atoms with Crippen molar-refractivity contribution in [3.8, 4) is 0 Å². The highest BCUT2D eigenvalue weighted by atomic mass is 32.2. The van der Waals surface area contributed by atoms with Crippen molar-refractivity contribution in [1.82, 2.24) is 19.9 Å². The number of carbonyl (C=O) groups excluding carboxylic acids is 2. The number of halogens is 1. The van der Waals surface area contributed by atoms with E-state index >= 15 is 0 Å². The lowest BCUT2D eigenvalue weighted by atomic mass is 10.0. The number of aromatic nitrogens is 1. The van der Waals surface area contributed by atoms with E-state index in [9.17, 15) is 22.4 Å². The van der Waals surface area contributed by atoms with Gasteiger partial charge in [0.25, 0.3) is 0 Å². The van der Waals surface area contributed by atoms with Crippen LogP contribution in [-0.4, -0.2) is 48.1 Å². The van der Waals surface area contributed by atoms with Crippen molar-refractivity contribution in [1.29, 1.82) is 0 Å². The van der Waals surface area contributed by atoms with Crippen LogP contribution in [0.3, 0.4) is 0 Å². The Bertz CT molecular complexity index is 1090. The number of sulfonamides is 1. The highest BCUT2D eigenvalue weighted by molar-refractivity contribution is 7.88. The van der Waals surface area contributed by atoms with Crippen LogP contribution in [0.4, 0.5) is 4.39 Å². The Morgan fingerprint density at radius 1 is 1.14 bits per heavy atom. The fraction of sp³-hybridized carbons (Fsp3) is 0.480. The van der Waals surface area contributed by atoms with Crippen LogP contribution in [-0.2, 0) is 31.9 Å². The van der Waals surface area contributed by atoms with E-state index in [2.05, 4.69) is 15.6 Å². The van der Waals surface area contributed by atoms with Gasteiger partial charge in [0.15, 0.2) is 0 Å². The molecule has 0 bridgehead atoms. The van der Waals surface area contributed by atoms with Crippen LogP contribution in [0, 0.1) is 11.7 Å². The maximum absolute atomic E-state index is 13.3. The molecule has 3 rings (SSSR count). The zero-order valence-corrected chi connectivity index (χ0v) is 20.9. The standard InChI is InChI=1S/C25H33FN4O4S/c1-18(2)14-22(24(31)28-16-20-6-5-12-27-15-20)29-25(32)23-7-3-4-13-30(23)35(33,34)17-19-8-10-21(26)11-9-19/h5-6,8-12,15,18,22-23H,3-4,7,13-14,16-17H2,1-2H3,(H,28,31)(H,29,32)/t22-,23?/m0/s1. The van der Waals surface area contributed by atoms with Gasteiger partial charge in [-0.1, -0.05) is 38.5 Å². The zero-order valence-electron chi connectivity index (χ0n) is 20.1. The number of amides is 2. The lowest BCUT2D eigenvalue weighted by molar-refractivity contribution is -0.132. The van der Waals surface area contributed by atoms with Gasteiger partial charge < -0.3 is 10.6 Å². The Morgan fingerprint density at radius 3 is 2.54 bits per heavy atom. The minimum Gasteiger partial charge on any atom is -0.350 e. The highest BCUT2D eigenvalue weighted by Gasteiger charge is 2.38. The third kappa shape index (κ3) is 7.83. The number of hydrogen-bond acceptors (Lipinski definition) is 5. The van der Waals surface area contributed by atoms with Gasteiger partial charge in [-0.3, -0.25) is 14.6 Å².